The standard InChI is InChI=1S/C26H33N3O5Si/c1-25(2,3)35(19-11-6-4-7-12-19,20-13-8-5-9-14-20)34-17-21(22(27)30)28-18-26(23(28)31)15-10-16-29(26)24(32)33/h4-9,11-14,21H,10,15-18H2,1-3H3,(H2,27,30)(H,32,33)/t21-,26?/m0/s1. The van der Waals surface area contributed by atoms with Crippen molar-refractivity contribution in [3.05, 3.63) is 60.7 Å². The van der Waals surface area contributed by atoms with E-state index in [2.05, 4.69) is 45.0 Å². The highest BCUT2D eigenvalue weighted by Gasteiger charge is 2.62. The number of primary amides is 1. The molecule has 0 bridgehead atoms. The van der Waals surface area contributed by atoms with Gasteiger partial charge in [-0.1, -0.05) is 81.4 Å². The summed E-state index contributed by atoms with van der Waals surface area (Å²) in [5, 5.41) is 11.4. The lowest BCUT2D eigenvalue weighted by Crippen LogP contribution is -2.77. The Hall–Kier alpha value is -3.17. The maximum atomic E-state index is 13.3. The summed E-state index contributed by atoms with van der Waals surface area (Å²) in [4.78, 5) is 40.1. The number of nitrogens with two attached hydrogens (primary N) is 1. The molecule has 2 fully saturated rings. The highest BCUT2D eigenvalue weighted by atomic mass is 28.4. The number of hydrogen-bond acceptors (Lipinski definition) is 4. The van der Waals surface area contributed by atoms with Gasteiger partial charge in [0, 0.05) is 6.54 Å². The molecule has 2 saturated heterocycles. The van der Waals surface area contributed by atoms with Crippen molar-refractivity contribution in [3.63, 3.8) is 0 Å². The van der Waals surface area contributed by atoms with Crippen molar-refractivity contribution in [1.82, 2.24) is 9.80 Å². The molecule has 3 N–H and O–H groups in total. The Kier molecular flexibility index (Phi) is 6.50. The van der Waals surface area contributed by atoms with Gasteiger partial charge in [0.25, 0.3) is 14.2 Å². The Balaban J connectivity index is 1.67. The van der Waals surface area contributed by atoms with Crippen molar-refractivity contribution in [3.8, 4) is 0 Å². The molecule has 4 rings (SSSR count). The molecule has 3 amide bonds. The number of β-lactam (4-membered cyclic amide) rings is 1. The van der Waals surface area contributed by atoms with Gasteiger partial charge in [0.15, 0.2) is 0 Å². The quantitative estimate of drug-likeness (QED) is 0.449. The van der Waals surface area contributed by atoms with Gasteiger partial charge >= 0.3 is 6.09 Å². The number of nitrogens with zero attached hydrogens (tertiary/aromatic N) is 2. The van der Waals surface area contributed by atoms with E-state index in [1.165, 1.54) is 9.80 Å². The number of hydrogen-bond donors (Lipinski definition) is 2. The van der Waals surface area contributed by atoms with E-state index in [0.717, 1.165) is 10.4 Å². The second-order valence-corrected chi connectivity index (χ2v) is 14.7. The molecule has 2 heterocycles. The van der Waals surface area contributed by atoms with E-state index in [9.17, 15) is 19.5 Å². The molecule has 0 saturated carbocycles. The van der Waals surface area contributed by atoms with E-state index in [1.54, 1.807) is 0 Å². The average Bonchev–Trinajstić information content (AvgIpc) is 3.28. The zero-order valence-electron chi connectivity index (χ0n) is 20.4. The van der Waals surface area contributed by atoms with Gasteiger partial charge in [0.2, 0.25) is 5.91 Å². The SMILES string of the molecule is CC(C)(C)[Si](OC[C@@H](C(N)=O)N1CC2(CCCN2C(=O)O)C1=O)(c1ccccc1)c1ccccc1. The molecule has 1 spiro atoms. The number of carboxylic acid groups (broad SMARTS) is 1. The summed E-state index contributed by atoms with van der Waals surface area (Å²) in [6.07, 6.45) is -0.0452. The van der Waals surface area contributed by atoms with Crippen molar-refractivity contribution in [2.45, 2.75) is 50.2 Å². The molecule has 2 aliphatic heterocycles. The van der Waals surface area contributed by atoms with Gasteiger partial charge in [0.05, 0.1) is 13.2 Å². The van der Waals surface area contributed by atoms with Crippen LogP contribution in [0.2, 0.25) is 5.04 Å². The highest BCUT2D eigenvalue weighted by molar-refractivity contribution is 6.99. The fourth-order valence-corrected chi connectivity index (χ4v) is 10.2. The number of benzene rings is 2. The van der Waals surface area contributed by atoms with Gasteiger partial charge in [-0.3, -0.25) is 14.5 Å². The minimum Gasteiger partial charge on any atom is -0.465 e. The Morgan fingerprint density at radius 1 is 1.09 bits per heavy atom. The van der Waals surface area contributed by atoms with Crippen LogP contribution in [0.25, 0.3) is 0 Å². The molecule has 0 radical (unpaired) electrons. The van der Waals surface area contributed by atoms with Crippen LogP contribution in [0.5, 0.6) is 0 Å². The topological polar surface area (TPSA) is 113 Å². The van der Waals surface area contributed by atoms with Gasteiger partial charge in [-0.2, -0.15) is 0 Å². The molecule has 9 heteroatoms. The number of amides is 3. The highest BCUT2D eigenvalue weighted by Crippen LogP contribution is 2.41. The predicted molar refractivity (Wildman–Crippen MR) is 135 cm³/mol. The van der Waals surface area contributed by atoms with Gasteiger partial charge in [-0.25, -0.2) is 4.79 Å². The third-order valence-electron chi connectivity index (χ3n) is 7.39. The lowest BCUT2D eigenvalue weighted by molar-refractivity contribution is -0.167. The third-order valence-corrected chi connectivity index (χ3v) is 12.4. The second-order valence-electron chi connectivity index (χ2n) is 10.4. The van der Waals surface area contributed by atoms with E-state index in [4.69, 9.17) is 10.2 Å². The molecule has 8 nitrogen and oxygen atoms in total. The lowest BCUT2D eigenvalue weighted by Gasteiger charge is -2.53. The number of rotatable bonds is 7. The van der Waals surface area contributed by atoms with Crippen molar-refractivity contribution in [2.75, 3.05) is 19.7 Å². The molecule has 2 atom stereocenters. The fraction of sp³-hybridized carbons (Fsp3) is 0.423. The molecule has 1 unspecified atom stereocenters. The van der Waals surface area contributed by atoms with Crippen LogP contribution in [0.3, 0.4) is 0 Å². The molecule has 2 aliphatic rings. The first-order valence-electron chi connectivity index (χ1n) is 11.9. The van der Waals surface area contributed by atoms with E-state index >= 15 is 0 Å². The van der Waals surface area contributed by atoms with Gasteiger partial charge in [-0.05, 0) is 28.3 Å². The average molecular weight is 496 g/mol. The number of carbonyl (C=O) groups excluding carboxylic acids is 2. The Labute approximate surface area is 206 Å². The summed E-state index contributed by atoms with van der Waals surface area (Å²) in [6.45, 7) is 6.80. The Bertz CT molecular complexity index is 1070. The van der Waals surface area contributed by atoms with Gasteiger partial charge in [0.1, 0.15) is 11.6 Å². The molecule has 0 aromatic heterocycles. The van der Waals surface area contributed by atoms with Crippen LogP contribution in [0, 0.1) is 0 Å². The van der Waals surface area contributed by atoms with Crippen molar-refractivity contribution in [1.29, 1.82) is 0 Å². The second kappa shape index (κ2) is 9.12. The maximum Gasteiger partial charge on any atom is 0.408 e. The van der Waals surface area contributed by atoms with Crippen LogP contribution in [0.4, 0.5) is 4.79 Å². The summed E-state index contributed by atoms with van der Waals surface area (Å²) in [6, 6.07) is 19.0. The van der Waals surface area contributed by atoms with E-state index in [-0.39, 0.29) is 24.1 Å². The zero-order valence-corrected chi connectivity index (χ0v) is 21.4. The van der Waals surface area contributed by atoms with Crippen LogP contribution in [0.1, 0.15) is 33.6 Å². The van der Waals surface area contributed by atoms with Gasteiger partial charge < -0.3 is 20.2 Å². The van der Waals surface area contributed by atoms with E-state index in [0.29, 0.717) is 19.4 Å². The fourth-order valence-electron chi connectivity index (χ4n) is 5.68. The van der Waals surface area contributed by atoms with Crippen LogP contribution in [-0.4, -0.2) is 72.4 Å². The van der Waals surface area contributed by atoms with E-state index in [1.807, 2.05) is 36.4 Å². The first-order chi connectivity index (χ1) is 16.5. The molecule has 0 aliphatic carbocycles. The summed E-state index contributed by atoms with van der Waals surface area (Å²) < 4.78 is 6.83. The Morgan fingerprint density at radius 3 is 2.06 bits per heavy atom. The minimum atomic E-state index is -2.94. The van der Waals surface area contributed by atoms with Crippen LogP contribution < -0.4 is 16.1 Å². The molecule has 2 aromatic carbocycles. The number of carbonyl (C=O) groups is 3. The smallest absolute Gasteiger partial charge is 0.408 e. The normalized spacial score (nSPS) is 21.2. The molecular weight excluding hydrogens is 462 g/mol. The molecule has 2 aromatic rings. The molecule has 186 valence electrons. The van der Waals surface area contributed by atoms with Crippen molar-refractivity contribution in [2.24, 2.45) is 5.73 Å². The summed E-state index contributed by atoms with van der Waals surface area (Å²) in [5.41, 5.74) is 4.69. The molecular formula is C26H33N3O5Si. The van der Waals surface area contributed by atoms with Crippen molar-refractivity contribution < 1.29 is 23.9 Å². The zero-order chi connectivity index (χ0) is 25.4. The predicted octanol–water partition coefficient (Wildman–Crippen LogP) is 1.77. The van der Waals surface area contributed by atoms with Crippen molar-refractivity contribution >= 4 is 36.6 Å². The summed E-state index contributed by atoms with van der Waals surface area (Å²) in [7, 11) is -2.94. The maximum absolute atomic E-state index is 13.3. The lowest BCUT2D eigenvalue weighted by atomic mass is 9.84. The first kappa shape index (κ1) is 24.9. The largest absolute Gasteiger partial charge is 0.465 e. The summed E-state index contributed by atoms with van der Waals surface area (Å²) >= 11 is 0. The Morgan fingerprint density at radius 2 is 1.63 bits per heavy atom. The number of likely N-dealkylation sites (tertiary alicyclic amines) is 2. The monoisotopic (exact) mass is 495 g/mol. The minimum absolute atomic E-state index is 0.0580. The van der Waals surface area contributed by atoms with Crippen LogP contribution in [-0.2, 0) is 14.0 Å². The van der Waals surface area contributed by atoms with E-state index < -0.39 is 31.9 Å². The first-order valence-corrected chi connectivity index (χ1v) is 13.8. The van der Waals surface area contributed by atoms with Crippen LogP contribution >= 0.6 is 0 Å². The van der Waals surface area contributed by atoms with Gasteiger partial charge in [-0.15, -0.1) is 0 Å². The third kappa shape index (κ3) is 4.02. The summed E-state index contributed by atoms with van der Waals surface area (Å²) in [5.74, 6) is -1.03. The molecule has 35 heavy (non-hydrogen) atoms. The van der Waals surface area contributed by atoms with Crippen LogP contribution in [0.15, 0.2) is 60.7 Å².